The van der Waals surface area contributed by atoms with E-state index in [4.69, 9.17) is 23.2 Å². The minimum Gasteiger partial charge on any atom is -0.618 e. The molecule has 6 aromatic rings. The molecule has 0 amide bonds. The highest BCUT2D eigenvalue weighted by Crippen LogP contribution is 2.34. The summed E-state index contributed by atoms with van der Waals surface area (Å²) in [6.07, 6.45) is 9.82. The second kappa shape index (κ2) is 10.1. The third-order valence-corrected chi connectivity index (χ3v) is 6.72. The van der Waals surface area contributed by atoms with Crippen LogP contribution in [0.25, 0.3) is 28.1 Å². The molecule has 0 spiro atoms. The Labute approximate surface area is 234 Å². The zero-order valence-corrected chi connectivity index (χ0v) is 22.0. The summed E-state index contributed by atoms with van der Waals surface area (Å²) in [7, 11) is 1.74. The van der Waals surface area contributed by atoms with Crippen molar-refractivity contribution in [3.63, 3.8) is 0 Å². The maximum Gasteiger partial charge on any atom is 0.219 e. The van der Waals surface area contributed by atoms with Gasteiger partial charge in [0.25, 0.3) is 0 Å². The minimum absolute atomic E-state index is 0.0287. The van der Waals surface area contributed by atoms with Crippen molar-refractivity contribution in [1.29, 1.82) is 0 Å². The molecule has 0 aliphatic rings. The smallest absolute Gasteiger partial charge is 0.219 e. The van der Waals surface area contributed by atoms with Crippen molar-refractivity contribution in [2.45, 2.75) is 12.6 Å². The van der Waals surface area contributed by atoms with E-state index in [1.807, 2.05) is 0 Å². The van der Waals surface area contributed by atoms with Crippen molar-refractivity contribution in [1.82, 2.24) is 49.5 Å². The molecule has 0 bridgehead atoms. The summed E-state index contributed by atoms with van der Waals surface area (Å²) in [5.41, 5.74) is 2.18. The van der Waals surface area contributed by atoms with E-state index in [-0.39, 0.29) is 39.2 Å². The van der Waals surface area contributed by atoms with Gasteiger partial charge in [0, 0.05) is 24.9 Å². The van der Waals surface area contributed by atoms with Gasteiger partial charge in [-0.3, -0.25) is 9.36 Å². The van der Waals surface area contributed by atoms with Gasteiger partial charge in [0.15, 0.2) is 29.0 Å². The molecule has 1 aromatic carbocycles. The number of benzene rings is 1. The van der Waals surface area contributed by atoms with Gasteiger partial charge >= 0.3 is 0 Å². The standard InChI is InChI=1S/C24H17Cl2F2N11O/c1-35-20(8-29-33-35)15-6-31-37(9-15)21(12-36-11-16(27)7-30-36)18-4-2-14(10-39(18)40)23-19(5-3-17(25)24(23)28)38-13-22(26)32-34-38/h2-11,13,21H,12H2,1H3/t21-/m1/s1. The average Bonchev–Trinajstić information content (AvgIpc) is 3.73. The van der Waals surface area contributed by atoms with Gasteiger partial charge in [-0.25, -0.2) is 18.1 Å². The predicted octanol–water partition coefficient (Wildman–Crippen LogP) is 3.63. The minimum atomic E-state index is -0.747. The Balaban J connectivity index is 1.44. The molecule has 1 atom stereocenters. The second-order valence-corrected chi connectivity index (χ2v) is 9.55. The van der Waals surface area contributed by atoms with Gasteiger partial charge in [-0.1, -0.05) is 33.6 Å². The van der Waals surface area contributed by atoms with E-state index >= 15 is 4.39 Å². The van der Waals surface area contributed by atoms with Crippen LogP contribution >= 0.6 is 23.2 Å². The highest BCUT2D eigenvalue weighted by Gasteiger charge is 2.27. The van der Waals surface area contributed by atoms with Crippen LogP contribution in [0.4, 0.5) is 8.78 Å². The Morgan fingerprint density at radius 3 is 2.50 bits per heavy atom. The third-order valence-electron chi connectivity index (χ3n) is 6.25. The average molecular weight is 584 g/mol. The Hall–Kier alpha value is -4.69. The fourth-order valence-corrected chi connectivity index (χ4v) is 4.67. The predicted molar refractivity (Wildman–Crippen MR) is 138 cm³/mol. The van der Waals surface area contributed by atoms with Crippen LogP contribution in [0.1, 0.15) is 11.7 Å². The molecule has 12 nitrogen and oxygen atoms in total. The van der Waals surface area contributed by atoms with E-state index in [0.717, 1.165) is 6.20 Å². The van der Waals surface area contributed by atoms with Gasteiger partial charge in [-0.05, 0) is 18.2 Å². The molecule has 0 N–H and O–H groups in total. The van der Waals surface area contributed by atoms with Crippen LogP contribution in [-0.2, 0) is 13.6 Å². The van der Waals surface area contributed by atoms with Gasteiger partial charge in [0.05, 0.1) is 65.1 Å². The first kappa shape index (κ1) is 25.6. The topological polar surface area (TPSA) is 124 Å². The van der Waals surface area contributed by atoms with Crippen molar-refractivity contribution < 1.29 is 13.5 Å². The second-order valence-electron chi connectivity index (χ2n) is 8.76. The van der Waals surface area contributed by atoms with Crippen molar-refractivity contribution >= 4 is 23.2 Å². The van der Waals surface area contributed by atoms with Crippen LogP contribution in [0.3, 0.4) is 0 Å². The summed E-state index contributed by atoms with van der Waals surface area (Å²) in [5.74, 6) is -1.27. The number of aryl methyl sites for hydroxylation is 1. The first-order valence-corrected chi connectivity index (χ1v) is 12.4. The number of nitrogens with zero attached hydrogens (tertiary/aromatic N) is 11. The first-order chi connectivity index (χ1) is 19.3. The molecule has 6 rings (SSSR count). The van der Waals surface area contributed by atoms with Crippen LogP contribution in [-0.4, -0.2) is 49.5 Å². The highest BCUT2D eigenvalue weighted by atomic mass is 35.5. The van der Waals surface area contributed by atoms with E-state index in [1.54, 1.807) is 47.1 Å². The van der Waals surface area contributed by atoms with Gasteiger partial charge in [0.1, 0.15) is 0 Å². The molecule has 202 valence electrons. The fraction of sp³-hybridized carbons (Fsp3) is 0.125. The molecule has 0 aliphatic carbocycles. The molecule has 0 fully saturated rings. The van der Waals surface area contributed by atoms with E-state index in [1.165, 1.54) is 40.1 Å². The largest absolute Gasteiger partial charge is 0.618 e. The van der Waals surface area contributed by atoms with Gasteiger partial charge in [-0.15, -0.1) is 10.2 Å². The Kier molecular flexibility index (Phi) is 6.48. The summed E-state index contributed by atoms with van der Waals surface area (Å²) < 4.78 is 35.5. The molecule has 0 radical (unpaired) electrons. The molecule has 0 aliphatic heterocycles. The Morgan fingerprint density at radius 2 is 1.82 bits per heavy atom. The quantitative estimate of drug-likeness (QED) is 0.207. The van der Waals surface area contributed by atoms with Gasteiger partial charge in [0.2, 0.25) is 5.69 Å². The number of aromatic nitrogens is 11. The molecule has 5 heterocycles. The molecular weight excluding hydrogens is 567 g/mol. The van der Waals surface area contributed by atoms with Crippen LogP contribution < -0.4 is 4.73 Å². The summed E-state index contributed by atoms with van der Waals surface area (Å²) in [6, 6.07) is 5.31. The van der Waals surface area contributed by atoms with E-state index < -0.39 is 17.7 Å². The molecule has 40 heavy (non-hydrogen) atoms. The molecular formula is C24H17Cl2F2N11O. The van der Waals surface area contributed by atoms with Gasteiger partial charge < -0.3 is 5.21 Å². The maximum absolute atomic E-state index is 15.3. The maximum atomic E-state index is 15.3. The molecule has 0 saturated heterocycles. The van der Waals surface area contributed by atoms with Crippen LogP contribution in [0.15, 0.2) is 67.6 Å². The van der Waals surface area contributed by atoms with Crippen LogP contribution in [0.5, 0.6) is 0 Å². The summed E-state index contributed by atoms with van der Waals surface area (Å²) >= 11 is 12.0. The number of rotatable bonds is 7. The van der Waals surface area contributed by atoms with E-state index in [0.29, 0.717) is 16.0 Å². The zero-order chi connectivity index (χ0) is 28.0. The van der Waals surface area contributed by atoms with Crippen molar-refractivity contribution in [2.24, 2.45) is 7.05 Å². The zero-order valence-electron chi connectivity index (χ0n) is 20.5. The van der Waals surface area contributed by atoms with Crippen molar-refractivity contribution in [3.05, 3.63) is 100 Å². The normalized spacial score (nSPS) is 12.2. The lowest BCUT2D eigenvalue weighted by Gasteiger charge is -2.18. The molecule has 0 saturated carbocycles. The molecule has 5 aromatic heterocycles. The summed E-state index contributed by atoms with van der Waals surface area (Å²) in [5, 5.41) is 37.4. The number of hydrogen-bond donors (Lipinski definition) is 0. The van der Waals surface area contributed by atoms with Gasteiger partial charge in [-0.2, -0.15) is 14.9 Å². The van der Waals surface area contributed by atoms with E-state index in [9.17, 15) is 9.60 Å². The van der Waals surface area contributed by atoms with E-state index in [2.05, 4.69) is 30.8 Å². The van der Waals surface area contributed by atoms with Crippen molar-refractivity contribution in [2.75, 3.05) is 0 Å². The lowest BCUT2D eigenvalue weighted by atomic mass is 10.0. The molecule has 16 heteroatoms. The first-order valence-electron chi connectivity index (χ1n) is 11.7. The van der Waals surface area contributed by atoms with Crippen molar-refractivity contribution in [3.8, 4) is 28.1 Å². The number of halogens is 4. The number of pyridine rings is 1. The summed E-state index contributed by atoms with van der Waals surface area (Å²) in [4.78, 5) is 0. The summed E-state index contributed by atoms with van der Waals surface area (Å²) in [6.45, 7) is 0.0739. The Morgan fingerprint density at radius 1 is 0.975 bits per heavy atom. The third kappa shape index (κ3) is 4.67. The number of hydrogen-bond acceptors (Lipinski definition) is 7. The fourth-order valence-electron chi connectivity index (χ4n) is 4.39. The Bertz CT molecular complexity index is 1840. The SMILES string of the molecule is Cn1nncc1-c1cnn([C@H](Cn2cc(F)cn2)c2ccc(-c3c(-n4cc(Cl)nn4)ccc(Cl)c3F)c[n+]2[O-])c1. The lowest BCUT2D eigenvalue weighted by molar-refractivity contribution is -0.615. The molecule has 0 unspecified atom stereocenters. The highest BCUT2D eigenvalue weighted by molar-refractivity contribution is 6.31. The van der Waals surface area contributed by atoms with Crippen LogP contribution in [0, 0.1) is 16.8 Å². The monoisotopic (exact) mass is 583 g/mol. The lowest BCUT2D eigenvalue weighted by Crippen LogP contribution is -2.37. The van der Waals surface area contributed by atoms with Crippen LogP contribution in [0.2, 0.25) is 10.2 Å².